The average molecular weight is 251 g/mol. The van der Waals surface area contributed by atoms with E-state index >= 15 is 0 Å². The van der Waals surface area contributed by atoms with Crippen molar-refractivity contribution in [3.63, 3.8) is 0 Å². The monoisotopic (exact) mass is 251 g/mol. The molecule has 0 bridgehead atoms. The summed E-state index contributed by atoms with van der Waals surface area (Å²) in [6, 6.07) is 5.87. The Bertz CT molecular complexity index is 366. The Labute approximate surface area is 110 Å². The van der Waals surface area contributed by atoms with E-state index in [1.807, 2.05) is 25.1 Å². The maximum absolute atomic E-state index is 5.79. The summed E-state index contributed by atoms with van der Waals surface area (Å²) >= 11 is 0. The zero-order chi connectivity index (χ0) is 13.6. The Morgan fingerprint density at radius 1 is 1.33 bits per heavy atom. The fourth-order valence-electron chi connectivity index (χ4n) is 1.74. The molecule has 0 saturated carbocycles. The van der Waals surface area contributed by atoms with E-state index in [1.54, 1.807) is 0 Å². The third-order valence-electron chi connectivity index (χ3n) is 2.88. The quantitative estimate of drug-likeness (QED) is 0.808. The summed E-state index contributed by atoms with van der Waals surface area (Å²) in [5, 5.41) is 0. The number of aromatic nitrogens is 1. The summed E-state index contributed by atoms with van der Waals surface area (Å²) in [6.07, 6.45) is 0. The van der Waals surface area contributed by atoms with Crippen molar-refractivity contribution >= 4 is 5.82 Å². The second-order valence-corrected chi connectivity index (χ2v) is 5.15. The van der Waals surface area contributed by atoms with Crippen LogP contribution in [0.5, 0.6) is 5.88 Å². The van der Waals surface area contributed by atoms with Crippen molar-refractivity contribution in [3.05, 3.63) is 18.2 Å². The Kier molecular flexibility index (Phi) is 5.41. The lowest BCUT2D eigenvalue weighted by atomic mass is 9.93. The van der Waals surface area contributed by atoms with Gasteiger partial charge in [-0.25, -0.2) is 0 Å². The zero-order valence-corrected chi connectivity index (χ0v) is 11.9. The Hall–Kier alpha value is -1.29. The van der Waals surface area contributed by atoms with Gasteiger partial charge in [0.1, 0.15) is 5.82 Å². The summed E-state index contributed by atoms with van der Waals surface area (Å²) in [5.74, 6) is 1.63. The van der Waals surface area contributed by atoms with Gasteiger partial charge < -0.3 is 15.4 Å². The number of nitrogens with two attached hydrogens (primary N) is 1. The van der Waals surface area contributed by atoms with E-state index < -0.39 is 0 Å². The molecule has 0 fully saturated rings. The van der Waals surface area contributed by atoms with E-state index in [1.165, 1.54) is 0 Å². The smallest absolute Gasteiger partial charge is 0.215 e. The predicted molar refractivity (Wildman–Crippen MR) is 76.1 cm³/mol. The molecule has 0 atom stereocenters. The highest BCUT2D eigenvalue weighted by Gasteiger charge is 2.20. The van der Waals surface area contributed by atoms with Crippen molar-refractivity contribution in [1.82, 2.24) is 4.98 Å². The molecule has 1 aromatic rings. The summed E-state index contributed by atoms with van der Waals surface area (Å²) < 4.78 is 5.44. The van der Waals surface area contributed by atoms with Gasteiger partial charge in [-0.05, 0) is 31.9 Å². The van der Waals surface area contributed by atoms with Crippen molar-refractivity contribution in [2.45, 2.75) is 27.7 Å². The Morgan fingerprint density at radius 3 is 2.61 bits per heavy atom. The summed E-state index contributed by atoms with van der Waals surface area (Å²) in [5.41, 5.74) is 5.88. The van der Waals surface area contributed by atoms with Gasteiger partial charge in [-0.3, -0.25) is 0 Å². The molecule has 4 heteroatoms. The van der Waals surface area contributed by atoms with Gasteiger partial charge in [0.05, 0.1) is 6.61 Å². The molecule has 102 valence electrons. The molecule has 1 heterocycles. The van der Waals surface area contributed by atoms with Gasteiger partial charge in [0.25, 0.3) is 0 Å². The lowest BCUT2D eigenvalue weighted by Gasteiger charge is -2.32. The standard InChI is InChI=1S/C14H25N3O/c1-5-17(11-14(3,4)10-15)12-8-7-9-13(16-12)18-6-2/h7-9H,5-6,10-11,15H2,1-4H3. The highest BCUT2D eigenvalue weighted by atomic mass is 16.5. The van der Waals surface area contributed by atoms with E-state index in [0.717, 1.165) is 18.9 Å². The third kappa shape index (κ3) is 4.18. The molecule has 0 saturated heterocycles. The molecule has 0 radical (unpaired) electrons. The van der Waals surface area contributed by atoms with E-state index in [4.69, 9.17) is 10.5 Å². The minimum Gasteiger partial charge on any atom is -0.478 e. The van der Waals surface area contributed by atoms with Crippen molar-refractivity contribution in [1.29, 1.82) is 0 Å². The van der Waals surface area contributed by atoms with Crippen molar-refractivity contribution in [2.75, 3.05) is 31.1 Å². The Balaban J connectivity index is 2.84. The van der Waals surface area contributed by atoms with Crippen LogP contribution in [0, 0.1) is 5.41 Å². The van der Waals surface area contributed by atoms with E-state index in [2.05, 4.69) is 30.7 Å². The van der Waals surface area contributed by atoms with Crippen LogP contribution in [-0.4, -0.2) is 31.2 Å². The molecule has 0 aromatic carbocycles. The highest BCUT2D eigenvalue weighted by Crippen LogP contribution is 2.21. The fourth-order valence-corrected chi connectivity index (χ4v) is 1.74. The first-order valence-corrected chi connectivity index (χ1v) is 6.57. The number of hydrogen-bond acceptors (Lipinski definition) is 4. The lowest BCUT2D eigenvalue weighted by molar-refractivity contribution is 0.326. The van der Waals surface area contributed by atoms with Gasteiger partial charge in [-0.1, -0.05) is 19.9 Å². The van der Waals surface area contributed by atoms with Gasteiger partial charge >= 0.3 is 0 Å². The molecule has 0 spiro atoms. The van der Waals surface area contributed by atoms with Crippen LogP contribution < -0.4 is 15.4 Å². The minimum atomic E-state index is 0.0826. The second kappa shape index (κ2) is 6.59. The maximum Gasteiger partial charge on any atom is 0.215 e. The van der Waals surface area contributed by atoms with Crippen LogP contribution in [0.3, 0.4) is 0 Å². The lowest BCUT2D eigenvalue weighted by Crippen LogP contribution is -2.39. The number of nitrogens with zero attached hydrogens (tertiary/aromatic N) is 2. The topological polar surface area (TPSA) is 51.4 Å². The summed E-state index contributed by atoms with van der Waals surface area (Å²) in [6.45, 7) is 11.5. The molecular weight excluding hydrogens is 226 g/mol. The number of hydrogen-bond donors (Lipinski definition) is 1. The van der Waals surface area contributed by atoms with Gasteiger partial charge in [0, 0.05) is 19.2 Å². The minimum absolute atomic E-state index is 0.0826. The molecule has 0 aliphatic rings. The SMILES string of the molecule is CCOc1cccc(N(CC)CC(C)(C)CN)n1. The largest absolute Gasteiger partial charge is 0.478 e. The fraction of sp³-hybridized carbons (Fsp3) is 0.643. The normalized spacial score (nSPS) is 11.4. The Morgan fingerprint density at radius 2 is 2.06 bits per heavy atom. The molecule has 0 aliphatic heterocycles. The highest BCUT2D eigenvalue weighted by molar-refractivity contribution is 5.40. The zero-order valence-electron chi connectivity index (χ0n) is 11.9. The van der Waals surface area contributed by atoms with Gasteiger partial charge in [0.15, 0.2) is 0 Å². The van der Waals surface area contributed by atoms with Crippen molar-refractivity contribution < 1.29 is 4.74 Å². The van der Waals surface area contributed by atoms with Crippen LogP contribution in [0.2, 0.25) is 0 Å². The van der Waals surface area contributed by atoms with E-state index in [-0.39, 0.29) is 5.41 Å². The number of anilines is 1. The van der Waals surface area contributed by atoms with Gasteiger partial charge in [-0.15, -0.1) is 0 Å². The average Bonchev–Trinajstić information content (AvgIpc) is 2.37. The first kappa shape index (κ1) is 14.8. The first-order chi connectivity index (χ1) is 8.52. The van der Waals surface area contributed by atoms with Crippen LogP contribution in [-0.2, 0) is 0 Å². The van der Waals surface area contributed by atoms with Crippen LogP contribution in [0.4, 0.5) is 5.82 Å². The number of pyridine rings is 1. The summed E-state index contributed by atoms with van der Waals surface area (Å²) in [7, 11) is 0. The van der Waals surface area contributed by atoms with Crippen LogP contribution in [0.15, 0.2) is 18.2 Å². The summed E-state index contributed by atoms with van der Waals surface area (Å²) in [4.78, 5) is 6.75. The van der Waals surface area contributed by atoms with Gasteiger partial charge in [0.2, 0.25) is 5.88 Å². The molecule has 0 amide bonds. The maximum atomic E-state index is 5.79. The molecule has 0 unspecified atom stereocenters. The third-order valence-corrected chi connectivity index (χ3v) is 2.88. The molecule has 1 aromatic heterocycles. The first-order valence-electron chi connectivity index (χ1n) is 6.57. The predicted octanol–water partition coefficient (Wildman–Crippen LogP) is 2.29. The van der Waals surface area contributed by atoms with Crippen molar-refractivity contribution in [3.8, 4) is 5.88 Å². The van der Waals surface area contributed by atoms with E-state index in [0.29, 0.717) is 19.0 Å². The van der Waals surface area contributed by atoms with E-state index in [9.17, 15) is 0 Å². The number of ether oxygens (including phenoxy) is 1. The molecule has 18 heavy (non-hydrogen) atoms. The molecular formula is C14H25N3O. The van der Waals surface area contributed by atoms with Crippen LogP contribution >= 0.6 is 0 Å². The molecule has 0 aliphatic carbocycles. The molecule has 1 rings (SSSR count). The van der Waals surface area contributed by atoms with Gasteiger partial charge in [-0.2, -0.15) is 4.98 Å². The van der Waals surface area contributed by atoms with Crippen molar-refractivity contribution in [2.24, 2.45) is 11.1 Å². The molecule has 4 nitrogen and oxygen atoms in total. The number of rotatable bonds is 7. The van der Waals surface area contributed by atoms with Crippen LogP contribution in [0.25, 0.3) is 0 Å². The second-order valence-electron chi connectivity index (χ2n) is 5.15. The van der Waals surface area contributed by atoms with Crippen LogP contribution in [0.1, 0.15) is 27.7 Å². The molecule has 2 N–H and O–H groups in total.